The highest BCUT2D eigenvalue weighted by Gasteiger charge is 2.28. The molecule has 1 aliphatic heterocycles. The van der Waals surface area contributed by atoms with Gasteiger partial charge in [0, 0.05) is 43.5 Å². The second-order valence-electron chi connectivity index (χ2n) is 5.28. The minimum atomic E-state index is -0.279. The first-order chi connectivity index (χ1) is 9.61. The summed E-state index contributed by atoms with van der Waals surface area (Å²) in [7, 11) is 0. The summed E-state index contributed by atoms with van der Waals surface area (Å²) in [4.78, 5) is 29.1. The third-order valence-corrected chi connectivity index (χ3v) is 4.22. The van der Waals surface area contributed by atoms with E-state index in [1.807, 2.05) is 0 Å². The smallest absolute Gasteiger partial charge is 0.321 e. The molecule has 3 amide bonds. The Balaban J connectivity index is 1.48. The molecular formula is C12H17N5O2S. The number of hydrogen-bond donors (Lipinski definition) is 2. The third kappa shape index (κ3) is 3.06. The number of carbonyl (C=O) groups excluding carboxylic acids is 2. The number of rotatable bonds is 3. The number of amides is 3. The molecule has 1 aromatic rings. The largest absolute Gasteiger partial charge is 0.341 e. The van der Waals surface area contributed by atoms with Crippen molar-refractivity contribution in [2.45, 2.75) is 38.1 Å². The number of nitrogens with one attached hydrogen (secondary N) is 2. The Kier molecular flexibility index (Phi) is 3.56. The van der Waals surface area contributed by atoms with Gasteiger partial charge in [0.2, 0.25) is 11.0 Å². The quantitative estimate of drug-likeness (QED) is 0.876. The molecule has 3 rings (SSSR count). The lowest BCUT2D eigenvalue weighted by atomic mass is 10.3. The van der Waals surface area contributed by atoms with Gasteiger partial charge in [-0.15, -0.1) is 0 Å². The normalized spacial score (nSPS) is 21.9. The van der Waals surface area contributed by atoms with E-state index in [1.54, 1.807) is 11.8 Å². The fraction of sp³-hybridized carbons (Fsp3) is 0.667. The van der Waals surface area contributed by atoms with Crippen LogP contribution in [0.4, 0.5) is 9.93 Å². The van der Waals surface area contributed by atoms with Crippen LogP contribution in [0.2, 0.25) is 0 Å². The van der Waals surface area contributed by atoms with Crippen LogP contribution >= 0.6 is 11.5 Å². The zero-order chi connectivity index (χ0) is 14.1. The van der Waals surface area contributed by atoms with Crippen LogP contribution in [0.1, 0.15) is 37.9 Å². The van der Waals surface area contributed by atoms with Gasteiger partial charge in [-0.25, -0.2) is 9.78 Å². The van der Waals surface area contributed by atoms with Crippen LogP contribution in [0.3, 0.4) is 0 Å². The highest BCUT2D eigenvalue weighted by Crippen LogP contribution is 2.39. The van der Waals surface area contributed by atoms with Crippen molar-refractivity contribution in [1.82, 2.24) is 19.6 Å². The first-order valence-electron chi connectivity index (χ1n) is 6.78. The minimum absolute atomic E-state index is 0.00900. The van der Waals surface area contributed by atoms with Crippen LogP contribution in [0.5, 0.6) is 0 Å². The second-order valence-corrected chi connectivity index (χ2v) is 6.03. The Morgan fingerprint density at radius 3 is 2.80 bits per heavy atom. The average molecular weight is 295 g/mol. The van der Waals surface area contributed by atoms with Crippen molar-refractivity contribution < 1.29 is 9.59 Å². The van der Waals surface area contributed by atoms with Gasteiger partial charge in [-0.3, -0.25) is 10.1 Å². The Labute approximate surface area is 120 Å². The van der Waals surface area contributed by atoms with Crippen LogP contribution in [-0.4, -0.2) is 45.3 Å². The number of likely N-dealkylation sites (tertiary alicyclic amines) is 1. The maximum Gasteiger partial charge on any atom is 0.321 e. The molecule has 0 radical (unpaired) electrons. The van der Waals surface area contributed by atoms with Crippen LogP contribution in [0, 0.1) is 0 Å². The second kappa shape index (κ2) is 5.35. The molecule has 8 heteroatoms. The Morgan fingerprint density at radius 1 is 1.35 bits per heavy atom. The number of urea groups is 1. The fourth-order valence-electron chi connectivity index (χ4n) is 2.28. The van der Waals surface area contributed by atoms with E-state index in [9.17, 15) is 9.59 Å². The number of carbonyl (C=O) groups is 2. The molecule has 0 bridgehead atoms. The number of aromatic nitrogens is 2. The molecule has 0 aromatic carbocycles. The van der Waals surface area contributed by atoms with E-state index >= 15 is 0 Å². The first-order valence-corrected chi connectivity index (χ1v) is 7.56. The number of hydrogen-bond acceptors (Lipinski definition) is 5. The third-order valence-electron chi connectivity index (χ3n) is 3.57. The SMILES string of the molecule is CC(=O)N1CC[C@@H](NC(=O)Nc2nc(C3CC3)ns2)C1. The van der Waals surface area contributed by atoms with Gasteiger partial charge in [0.15, 0.2) is 0 Å². The maximum atomic E-state index is 11.9. The predicted molar refractivity (Wildman–Crippen MR) is 74.7 cm³/mol. The van der Waals surface area contributed by atoms with Gasteiger partial charge in [-0.05, 0) is 19.3 Å². The van der Waals surface area contributed by atoms with Crippen molar-refractivity contribution in [1.29, 1.82) is 0 Å². The predicted octanol–water partition coefficient (Wildman–Crippen LogP) is 1.16. The van der Waals surface area contributed by atoms with Gasteiger partial charge in [-0.1, -0.05) is 0 Å². The molecular weight excluding hydrogens is 278 g/mol. The van der Waals surface area contributed by atoms with Crippen LogP contribution in [-0.2, 0) is 4.79 Å². The molecule has 1 aliphatic carbocycles. The molecule has 2 N–H and O–H groups in total. The molecule has 1 atom stereocenters. The van der Waals surface area contributed by atoms with Crippen molar-refractivity contribution in [3.8, 4) is 0 Å². The van der Waals surface area contributed by atoms with Crippen molar-refractivity contribution in [2.75, 3.05) is 18.4 Å². The summed E-state index contributed by atoms with van der Waals surface area (Å²) in [5, 5.41) is 6.10. The van der Waals surface area contributed by atoms with Crippen molar-refractivity contribution in [3.05, 3.63) is 5.82 Å². The van der Waals surface area contributed by atoms with E-state index in [0.29, 0.717) is 24.1 Å². The molecule has 0 spiro atoms. The Bertz CT molecular complexity index is 528. The standard InChI is InChI=1S/C12H17N5O2S/c1-7(18)17-5-4-9(6-17)13-11(19)15-12-14-10(16-20-12)8-2-3-8/h8-9H,2-6H2,1H3,(H2,13,14,15,16,19)/t9-/m1/s1. The average Bonchev–Trinajstić information content (AvgIpc) is 2.96. The summed E-state index contributed by atoms with van der Waals surface area (Å²) in [6.07, 6.45) is 3.08. The van der Waals surface area contributed by atoms with E-state index in [2.05, 4.69) is 20.0 Å². The molecule has 1 aromatic heterocycles. The van der Waals surface area contributed by atoms with E-state index in [-0.39, 0.29) is 18.0 Å². The summed E-state index contributed by atoms with van der Waals surface area (Å²) in [5.74, 6) is 1.38. The monoisotopic (exact) mass is 295 g/mol. The molecule has 2 aliphatic rings. The lowest BCUT2D eigenvalue weighted by molar-refractivity contribution is -0.127. The van der Waals surface area contributed by atoms with Crippen molar-refractivity contribution >= 4 is 28.6 Å². The summed E-state index contributed by atoms with van der Waals surface area (Å²) in [6.45, 7) is 2.82. The molecule has 7 nitrogen and oxygen atoms in total. The minimum Gasteiger partial charge on any atom is -0.341 e. The van der Waals surface area contributed by atoms with E-state index in [4.69, 9.17) is 0 Å². The van der Waals surface area contributed by atoms with E-state index < -0.39 is 0 Å². The number of nitrogens with zero attached hydrogens (tertiary/aromatic N) is 3. The molecule has 108 valence electrons. The van der Waals surface area contributed by atoms with Gasteiger partial charge in [0.25, 0.3) is 0 Å². The molecule has 1 saturated heterocycles. The van der Waals surface area contributed by atoms with Crippen LogP contribution in [0.15, 0.2) is 0 Å². The summed E-state index contributed by atoms with van der Waals surface area (Å²) in [5.41, 5.74) is 0. The zero-order valence-electron chi connectivity index (χ0n) is 11.3. The Hall–Kier alpha value is -1.70. The molecule has 0 unspecified atom stereocenters. The highest BCUT2D eigenvalue weighted by atomic mass is 32.1. The first kappa shape index (κ1) is 13.3. The van der Waals surface area contributed by atoms with Gasteiger partial charge in [0.1, 0.15) is 5.82 Å². The molecule has 1 saturated carbocycles. The molecule has 20 heavy (non-hydrogen) atoms. The van der Waals surface area contributed by atoms with Gasteiger partial charge in [-0.2, -0.15) is 4.37 Å². The van der Waals surface area contributed by atoms with E-state index in [0.717, 1.165) is 25.1 Å². The van der Waals surface area contributed by atoms with Crippen molar-refractivity contribution in [3.63, 3.8) is 0 Å². The van der Waals surface area contributed by atoms with Gasteiger partial charge >= 0.3 is 6.03 Å². The van der Waals surface area contributed by atoms with E-state index in [1.165, 1.54) is 11.5 Å². The van der Waals surface area contributed by atoms with Gasteiger partial charge in [0.05, 0.1) is 0 Å². The molecule has 2 fully saturated rings. The van der Waals surface area contributed by atoms with Crippen LogP contribution in [0.25, 0.3) is 0 Å². The molecule has 2 heterocycles. The maximum absolute atomic E-state index is 11.9. The number of anilines is 1. The zero-order valence-corrected chi connectivity index (χ0v) is 12.1. The van der Waals surface area contributed by atoms with Crippen LogP contribution < -0.4 is 10.6 Å². The fourth-order valence-corrected chi connectivity index (χ4v) is 2.92. The summed E-state index contributed by atoms with van der Waals surface area (Å²) < 4.78 is 4.23. The lowest BCUT2D eigenvalue weighted by Crippen LogP contribution is -2.40. The van der Waals surface area contributed by atoms with Gasteiger partial charge < -0.3 is 10.2 Å². The lowest BCUT2D eigenvalue weighted by Gasteiger charge is -2.14. The highest BCUT2D eigenvalue weighted by molar-refractivity contribution is 7.09. The van der Waals surface area contributed by atoms with Crippen molar-refractivity contribution in [2.24, 2.45) is 0 Å². The summed E-state index contributed by atoms with van der Waals surface area (Å²) in [6, 6.07) is -0.270. The summed E-state index contributed by atoms with van der Waals surface area (Å²) >= 11 is 1.21. The topological polar surface area (TPSA) is 87.2 Å². The Morgan fingerprint density at radius 2 is 2.15 bits per heavy atom.